The second kappa shape index (κ2) is 7.13. The fourth-order valence-corrected chi connectivity index (χ4v) is 6.22. The van der Waals surface area contributed by atoms with Crippen LogP contribution in [0.2, 0.25) is 0 Å². The minimum atomic E-state index is -3.66. The molecule has 2 aliphatic rings. The van der Waals surface area contributed by atoms with Crippen LogP contribution in [-0.2, 0) is 10.0 Å². The van der Waals surface area contributed by atoms with Crippen molar-refractivity contribution in [3.05, 3.63) is 95.6 Å². The highest BCUT2D eigenvalue weighted by Gasteiger charge is 2.40. The van der Waals surface area contributed by atoms with E-state index in [0.29, 0.717) is 17.4 Å². The molecule has 0 bridgehead atoms. The predicted octanol–water partition coefficient (Wildman–Crippen LogP) is 5.78. The van der Waals surface area contributed by atoms with Crippen molar-refractivity contribution < 1.29 is 8.42 Å². The first-order valence-corrected chi connectivity index (χ1v) is 11.9. The monoisotopic (exact) mass is 415 g/mol. The quantitative estimate of drug-likeness (QED) is 0.509. The van der Waals surface area contributed by atoms with Crippen LogP contribution < -0.4 is 0 Å². The highest BCUT2D eigenvalue weighted by Crippen LogP contribution is 2.45. The molecule has 3 aromatic rings. The van der Waals surface area contributed by atoms with Crippen LogP contribution in [0.3, 0.4) is 0 Å². The largest absolute Gasteiger partial charge is 0.265 e. The average molecular weight is 416 g/mol. The zero-order chi connectivity index (χ0) is 20.9. The molecule has 3 nitrogen and oxygen atoms in total. The Balaban J connectivity index is 1.74. The lowest BCUT2D eigenvalue weighted by atomic mass is 9.84. The molecule has 2 atom stereocenters. The lowest BCUT2D eigenvalue weighted by Gasteiger charge is -2.24. The number of nitrogens with zero attached hydrogens (tertiary/aromatic N) is 1. The van der Waals surface area contributed by atoms with Gasteiger partial charge in [-0.2, -0.15) is 0 Å². The van der Waals surface area contributed by atoms with Crippen molar-refractivity contribution in [1.82, 2.24) is 4.31 Å². The molecular formula is C26H25NO2S. The van der Waals surface area contributed by atoms with E-state index in [0.717, 1.165) is 34.0 Å². The Morgan fingerprint density at radius 3 is 2.43 bits per heavy atom. The van der Waals surface area contributed by atoms with Gasteiger partial charge in [-0.05, 0) is 47.7 Å². The lowest BCUT2D eigenvalue weighted by Crippen LogP contribution is -2.29. The second-order valence-electron chi connectivity index (χ2n) is 8.42. The molecule has 5 rings (SSSR count). The van der Waals surface area contributed by atoms with Gasteiger partial charge in [0.1, 0.15) is 0 Å². The smallest absolute Gasteiger partial charge is 0.264 e. The second-order valence-corrected chi connectivity index (χ2v) is 10.3. The van der Waals surface area contributed by atoms with Crippen LogP contribution in [0.4, 0.5) is 0 Å². The number of allylic oxidation sites excluding steroid dienone is 1. The first-order valence-electron chi connectivity index (χ1n) is 10.4. The molecule has 0 amide bonds. The van der Waals surface area contributed by atoms with Gasteiger partial charge >= 0.3 is 0 Å². The van der Waals surface area contributed by atoms with E-state index in [4.69, 9.17) is 0 Å². The summed E-state index contributed by atoms with van der Waals surface area (Å²) < 4.78 is 29.2. The third-order valence-corrected chi connectivity index (χ3v) is 8.01. The molecule has 1 heterocycles. The highest BCUT2D eigenvalue weighted by atomic mass is 32.2. The molecule has 0 fully saturated rings. The van der Waals surface area contributed by atoms with E-state index in [1.54, 1.807) is 16.4 Å². The van der Waals surface area contributed by atoms with Crippen molar-refractivity contribution in [1.29, 1.82) is 0 Å². The molecule has 1 aliphatic carbocycles. The Labute approximate surface area is 178 Å². The van der Waals surface area contributed by atoms with E-state index >= 15 is 0 Å². The molecule has 0 unspecified atom stereocenters. The summed E-state index contributed by atoms with van der Waals surface area (Å²) in [5.41, 5.74) is 4.16. The molecule has 1 aliphatic heterocycles. The van der Waals surface area contributed by atoms with Crippen molar-refractivity contribution in [2.24, 2.45) is 11.8 Å². The summed E-state index contributed by atoms with van der Waals surface area (Å²) in [5.74, 6) is 0.540. The van der Waals surface area contributed by atoms with Crippen molar-refractivity contribution in [3.63, 3.8) is 0 Å². The van der Waals surface area contributed by atoms with Crippen molar-refractivity contribution in [3.8, 4) is 0 Å². The van der Waals surface area contributed by atoms with Crippen LogP contribution in [0.5, 0.6) is 0 Å². The van der Waals surface area contributed by atoms with E-state index in [-0.39, 0.29) is 5.92 Å². The summed E-state index contributed by atoms with van der Waals surface area (Å²) in [4.78, 5) is 0.349. The van der Waals surface area contributed by atoms with Crippen LogP contribution in [-0.4, -0.2) is 19.3 Å². The van der Waals surface area contributed by atoms with Crippen LogP contribution in [0.15, 0.2) is 89.4 Å². The SMILES string of the molecule is Cc1ccc(S(=O)(=O)N2C[C@@H]3C=C[C@H](C)CC3=C2c2cccc3ccccc23)cc1. The topological polar surface area (TPSA) is 37.4 Å². The van der Waals surface area contributed by atoms with Crippen molar-refractivity contribution >= 4 is 26.5 Å². The summed E-state index contributed by atoms with van der Waals surface area (Å²) in [6, 6.07) is 21.5. The van der Waals surface area contributed by atoms with Gasteiger partial charge in [-0.25, -0.2) is 8.42 Å². The number of fused-ring (bicyclic) bond motifs is 2. The van der Waals surface area contributed by atoms with Crippen LogP contribution in [0.25, 0.3) is 16.5 Å². The van der Waals surface area contributed by atoms with Gasteiger partial charge in [0.2, 0.25) is 0 Å². The van der Waals surface area contributed by atoms with Gasteiger partial charge < -0.3 is 0 Å². The number of rotatable bonds is 3. The third kappa shape index (κ3) is 3.07. The first kappa shape index (κ1) is 19.1. The molecule has 30 heavy (non-hydrogen) atoms. The number of aryl methyl sites for hydroxylation is 1. The number of hydrogen-bond acceptors (Lipinski definition) is 2. The molecule has 0 N–H and O–H groups in total. The number of hydrogen-bond donors (Lipinski definition) is 0. The Morgan fingerprint density at radius 1 is 0.900 bits per heavy atom. The van der Waals surface area contributed by atoms with Gasteiger partial charge in [0.25, 0.3) is 10.0 Å². The average Bonchev–Trinajstić information content (AvgIpc) is 3.13. The summed E-state index contributed by atoms with van der Waals surface area (Å²) in [6.45, 7) is 4.63. The molecule has 0 saturated carbocycles. The zero-order valence-corrected chi connectivity index (χ0v) is 18.1. The van der Waals surface area contributed by atoms with Crippen LogP contribution in [0, 0.1) is 18.8 Å². The first-order chi connectivity index (χ1) is 14.4. The Morgan fingerprint density at radius 2 is 1.63 bits per heavy atom. The maximum atomic E-state index is 13.8. The van der Waals surface area contributed by atoms with E-state index in [1.165, 1.54) is 5.57 Å². The fraction of sp³-hybridized carbons (Fsp3) is 0.231. The molecule has 0 aromatic heterocycles. The standard InChI is InChI=1S/C26H25NO2S/c1-18-11-14-22(15-12-18)30(28,29)27-17-21-13-10-19(2)16-25(21)26(27)24-9-5-7-20-6-3-4-8-23(20)24/h3-15,19,21H,16-17H2,1-2H3/t19-,21-/m0/s1. The maximum absolute atomic E-state index is 13.8. The maximum Gasteiger partial charge on any atom is 0.264 e. The molecule has 0 saturated heterocycles. The van der Waals surface area contributed by atoms with Gasteiger partial charge in [0.15, 0.2) is 0 Å². The Hall–Kier alpha value is -2.85. The molecule has 4 heteroatoms. The van der Waals surface area contributed by atoms with Crippen molar-refractivity contribution in [2.75, 3.05) is 6.54 Å². The number of benzene rings is 3. The third-order valence-electron chi connectivity index (χ3n) is 6.23. The van der Waals surface area contributed by atoms with Gasteiger partial charge in [0, 0.05) is 18.0 Å². The molecule has 3 aromatic carbocycles. The normalized spacial score (nSPS) is 21.3. The number of sulfonamides is 1. The van der Waals surface area contributed by atoms with E-state index < -0.39 is 10.0 Å². The van der Waals surface area contributed by atoms with E-state index in [1.807, 2.05) is 37.3 Å². The minimum absolute atomic E-state index is 0.135. The van der Waals surface area contributed by atoms with Crippen LogP contribution in [0.1, 0.15) is 24.5 Å². The lowest BCUT2D eigenvalue weighted by molar-refractivity contribution is 0.502. The van der Waals surface area contributed by atoms with Gasteiger partial charge in [-0.1, -0.05) is 79.2 Å². The van der Waals surface area contributed by atoms with Crippen LogP contribution >= 0.6 is 0 Å². The highest BCUT2D eigenvalue weighted by molar-refractivity contribution is 7.89. The zero-order valence-electron chi connectivity index (χ0n) is 17.2. The molecule has 152 valence electrons. The Bertz CT molecular complexity index is 1280. The van der Waals surface area contributed by atoms with E-state index in [9.17, 15) is 8.42 Å². The van der Waals surface area contributed by atoms with Crippen molar-refractivity contribution in [2.45, 2.75) is 25.2 Å². The van der Waals surface area contributed by atoms with E-state index in [2.05, 4.69) is 43.3 Å². The Kier molecular flexibility index (Phi) is 4.55. The molecule has 0 spiro atoms. The molecular weight excluding hydrogens is 390 g/mol. The summed E-state index contributed by atoms with van der Waals surface area (Å²) >= 11 is 0. The minimum Gasteiger partial charge on any atom is -0.265 e. The summed E-state index contributed by atoms with van der Waals surface area (Å²) in [6.07, 6.45) is 5.30. The summed E-state index contributed by atoms with van der Waals surface area (Å²) in [7, 11) is -3.66. The van der Waals surface area contributed by atoms with Gasteiger partial charge in [0.05, 0.1) is 10.6 Å². The summed E-state index contributed by atoms with van der Waals surface area (Å²) in [5, 5.41) is 2.22. The molecule has 0 radical (unpaired) electrons. The van der Waals surface area contributed by atoms with Gasteiger partial charge in [-0.15, -0.1) is 0 Å². The van der Waals surface area contributed by atoms with Gasteiger partial charge in [-0.3, -0.25) is 4.31 Å². The predicted molar refractivity (Wildman–Crippen MR) is 122 cm³/mol. The fourth-order valence-electron chi connectivity index (χ4n) is 4.67.